The summed E-state index contributed by atoms with van der Waals surface area (Å²) in [5, 5.41) is 0. The van der Waals surface area contributed by atoms with Gasteiger partial charge < -0.3 is 0 Å². The number of aryl methyl sites for hydroxylation is 1. The molecule has 0 saturated carbocycles. The van der Waals surface area contributed by atoms with Crippen LogP contribution in [-0.2, 0) is 0 Å². The number of fused-ring (bicyclic) bond motifs is 1. The Labute approximate surface area is 88.6 Å². The van der Waals surface area contributed by atoms with Gasteiger partial charge in [-0.25, -0.2) is 0 Å². The number of rotatable bonds is 0. The lowest BCUT2D eigenvalue weighted by Crippen LogP contribution is -1.73. The van der Waals surface area contributed by atoms with Gasteiger partial charge in [-0.05, 0) is 46.7 Å². The molecule has 1 aliphatic heterocycles. The van der Waals surface area contributed by atoms with E-state index in [0.717, 1.165) is 0 Å². The number of hydrogen-bond acceptors (Lipinski definition) is 2. The fourth-order valence-electron chi connectivity index (χ4n) is 0.935. The molecule has 2 rings (SSSR count). The van der Waals surface area contributed by atoms with Gasteiger partial charge >= 0.3 is 0 Å². The van der Waals surface area contributed by atoms with Crippen molar-refractivity contribution in [1.29, 1.82) is 0 Å². The molecule has 1 atom stereocenters. The number of benzene rings is 1. The van der Waals surface area contributed by atoms with Crippen LogP contribution in [0.2, 0.25) is 0 Å². The van der Waals surface area contributed by atoms with Gasteiger partial charge in [0.1, 0.15) is 0 Å². The normalized spacial score (nSPS) is 21.8. The molecule has 1 aromatic rings. The highest BCUT2D eigenvalue weighted by Crippen LogP contribution is 2.78. The van der Waals surface area contributed by atoms with E-state index in [1.807, 2.05) is 22.8 Å². The highest BCUT2D eigenvalue weighted by atomic mass is 127. The second-order valence-corrected chi connectivity index (χ2v) is 14.8. The van der Waals surface area contributed by atoms with Crippen molar-refractivity contribution in [1.82, 2.24) is 0 Å². The van der Waals surface area contributed by atoms with Gasteiger partial charge in [0.2, 0.25) is 0 Å². The molecule has 0 N–H and O–H groups in total. The summed E-state index contributed by atoms with van der Waals surface area (Å²) < 4.78 is 0.0991. The Morgan fingerprint density at radius 2 is 2.00 bits per heavy atom. The van der Waals surface area contributed by atoms with Crippen LogP contribution < -0.4 is 0 Å². The average molecular weight is 312 g/mol. The van der Waals surface area contributed by atoms with E-state index in [9.17, 15) is 0 Å². The van der Waals surface area contributed by atoms with Crippen LogP contribution in [0.5, 0.6) is 0 Å². The molecule has 0 aromatic heterocycles. The van der Waals surface area contributed by atoms with Gasteiger partial charge in [0.25, 0.3) is 0 Å². The first-order valence-electron chi connectivity index (χ1n) is 3.18. The largest absolute Gasteiger partial charge is 0.0878 e. The lowest BCUT2D eigenvalue weighted by molar-refractivity contribution is 1.23. The third kappa shape index (κ3) is 1.87. The lowest BCUT2D eigenvalue weighted by Gasteiger charge is -1.95. The van der Waals surface area contributed by atoms with Gasteiger partial charge in [-0.1, -0.05) is 28.8 Å². The molecule has 0 amide bonds. The van der Waals surface area contributed by atoms with Crippen molar-refractivity contribution in [2.75, 3.05) is 0 Å². The number of hydrogen-bond donors (Lipinski definition) is 0. The third-order valence-electron chi connectivity index (χ3n) is 1.44. The standard InChI is InChI=1S/C7H6IPS2/c1-5-2-3-6-7(4-5)11-9(8)10-6/h2-4H,1H3/t9-/m0/s1. The molecular weight excluding hydrogens is 306 g/mol. The van der Waals surface area contributed by atoms with Gasteiger partial charge in [0, 0.05) is 9.79 Å². The minimum atomic E-state index is 0.0991. The Kier molecular flexibility index (Phi) is 2.71. The highest BCUT2D eigenvalue weighted by molar-refractivity contribution is 14.2. The van der Waals surface area contributed by atoms with E-state index in [0.29, 0.717) is 0 Å². The smallest absolute Gasteiger partial charge is 0.0749 e. The second kappa shape index (κ2) is 3.44. The SMILES string of the molecule is Cc1ccc2c(c1)S[P@@](I)S2. The molecule has 0 aliphatic carbocycles. The van der Waals surface area contributed by atoms with Crippen LogP contribution in [0.25, 0.3) is 0 Å². The van der Waals surface area contributed by atoms with E-state index in [-0.39, 0.29) is 3.97 Å². The molecular formula is C7H6IPS2. The molecule has 1 aliphatic rings. The molecule has 0 radical (unpaired) electrons. The molecule has 11 heavy (non-hydrogen) atoms. The van der Waals surface area contributed by atoms with Crippen LogP contribution in [0, 0.1) is 6.92 Å². The maximum Gasteiger partial charge on any atom is 0.0878 e. The number of halogens is 1. The second-order valence-electron chi connectivity index (χ2n) is 2.35. The Hall–Kier alpha value is 1.08. The van der Waals surface area contributed by atoms with Gasteiger partial charge in [-0.2, -0.15) is 0 Å². The average Bonchev–Trinajstić information content (AvgIpc) is 2.27. The van der Waals surface area contributed by atoms with Crippen molar-refractivity contribution in [2.45, 2.75) is 16.7 Å². The molecule has 0 nitrogen and oxygen atoms in total. The first kappa shape index (κ1) is 8.67. The summed E-state index contributed by atoms with van der Waals surface area (Å²) in [5.74, 6) is 0. The van der Waals surface area contributed by atoms with Crippen molar-refractivity contribution >= 4 is 48.8 Å². The maximum atomic E-state index is 2.53. The van der Waals surface area contributed by atoms with E-state index < -0.39 is 0 Å². The molecule has 0 unspecified atom stereocenters. The zero-order chi connectivity index (χ0) is 7.84. The van der Waals surface area contributed by atoms with Crippen LogP contribution in [0.3, 0.4) is 0 Å². The topological polar surface area (TPSA) is 0 Å². The first-order valence-corrected chi connectivity index (χ1v) is 10.2. The van der Waals surface area contributed by atoms with Gasteiger partial charge in [-0.3, -0.25) is 0 Å². The maximum absolute atomic E-state index is 2.53. The summed E-state index contributed by atoms with van der Waals surface area (Å²) in [5.41, 5.74) is 1.37. The van der Waals surface area contributed by atoms with Crippen LogP contribution in [0.4, 0.5) is 0 Å². The van der Waals surface area contributed by atoms with Gasteiger partial charge in [0.05, 0.1) is 3.97 Å². The molecule has 0 bridgehead atoms. The summed E-state index contributed by atoms with van der Waals surface area (Å²) in [7, 11) is 0. The van der Waals surface area contributed by atoms with E-state index in [2.05, 4.69) is 47.2 Å². The zero-order valence-corrected chi connectivity index (χ0v) is 10.6. The monoisotopic (exact) mass is 312 g/mol. The van der Waals surface area contributed by atoms with Crippen molar-refractivity contribution in [2.24, 2.45) is 0 Å². The molecule has 58 valence electrons. The van der Waals surface area contributed by atoms with E-state index >= 15 is 0 Å². The summed E-state index contributed by atoms with van der Waals surface area (Å²) in [6, 6.07) is 6.72. The predicted octanol–water partition coefficient (Wildman–Crippen LogP) is 4.85. The molecule has 4 heteroatoms. The van der Waals surface area contributed by atoms with Gasteiger partial charge in [0.15, 0.2) is 0 Å². The van der Waals surface area contributed by atoms with Crippen LogP contribution >= 0.6 is 48.8 Å². The highest BCUT2D eigenvalue weighted by Gasteiger charge is 2.20. The minimum Gasteiger partial charge on any atom is -0.0749 e. The minimum absolute atomic E-state index is 0.0991. The van der Waals surface area contributed by atoms with E-state index in [1.165, 1.54) is 15.4 Å². The Balaban J connectivity index is 2.43. The quantitative estimate of drug-likeness (QED) is 0.496. The molecule has 0 spiro atoms. The summed E-state index contributed by atoms with van der Waals surface area (Å²) in [4.78, 5) is 2.96. The molecule has 1 aromatic carbocycles. The van der Waals surface area contributed by atoms with E-state index in [1.54, 1.807) is 0 Å². The van der Waals surface area contributed by atoms with Crippen molar-refractivity contribution in [3.05, 3.63) is 23.8 Å². The molecule has 1 heterocycles. The van der Waals surface area contributed by atoms with E-state index in [4.69, 9.17) is 0 Å². The van der Waals surface area contributed by atoms with Crippen LogP contribution in [0.15, 0.2) is 28.0 Å². The van der Waals surface area contributed by atoms with Crippen molar-refractivity contribution in [3.63, 3.8) is 0 Å². The van der Waals surface area contributed by atoms with Gasteiger partial charge in [-0.15, -0.1) is 0 Å². The fourth-order valence-corrected chi connectivity index (χ4v) is 10.1. The summed E-state index contributed by atoms with van der Waals surface area (Å²) in [6.07, 6.45) is 0. The third-order valence-corrected chi connectivity index (χ3v) is 9.87. The Morgan fingerprint density at radius 3 is 2.82 bits per heavy atom. The Bertz CT molecular complexity index is 290. The van der Waals surface area contributed by atoms with Crippen LogP contribution in [-0.4, -0.2) is 0 Å². The van der Waals surface area contributed by atoms with Crippen molar-refractivity contribution in [3.8, 4) is 0 Å². The lowest BCUT2D eigenvalue weighted by atomic mass is 10.2. The molecule has 0 saturated heterocycles. The summed E-state index contributed by atoms with van der Waals surface area (Å²) >= 11 is 6.56. The van der Waals surface area contributed by atoms with Crippen molar-refractivity contribution < 1.29 is 0 Å². The Morgan fingerprint density at radius 1 is 1.27 bits per heavy atom. The zero-order valence-electron chi connectivity index (χ0n) is 5.87. The first-order chi connectivity index (χ1) is 5.25. The van der Waals surface area contributed by atoms with Crippen LogP contribution in [0.1, 0.15) is 5.56 Å². The predicted molar refractivity (Wildman–Crippen MR) is 63.8 cm³/mol. The fraction of sp³-hybridized carbons (Fsp3) is 0.143. The summed E-state index contributed by atoms with van der Waals surface area (Å²) in [6.45, 7) is 2.15. The molecule has 0 fully saturated rings.